The minimum Gasteiger partial charge on any atom is -0.326 e. The van der Waals surface area contributed by atoms with Crippen LogP contribution in [0.2, 0.25) is 0 Å². The van der Waals surface area contributed by atoms with Crippen LogP contribution in [0.5, 0.6) is 0 Å². The number of aromatic nitrogens is 1. The van der Waals surface area contributed by atoms with E-state index < -0.39 is 11.7 Å². The van der Waals surface area contributed by atoms with Gasteiger partial charge in [0.05, 0.1) is 5.69 Å². The van der Waals surface area contributed by atoms with Gasteiger partial charge in [0.1, 0.15) is 11.5 Å². The van der Waals surface area contributed by atoms with Gasteiger partial charge in [-0.2, -0.15) is 0 Å². The fourth-order valence-corrected chi connectivity index (χ4v) is 1.82. The molecule has 1 amide bonds. The molecule has 0 atom stereocenters. The molecule has 98 valence electrons. The lowest BCUT2D eigenvalue weighted by molar-refractivity contribution is 0.102. The molecule has 0 spiro atoms. The molecular weight excluding hydrogens is 313 g/mol. The van der Waals surface area contributed by atoms with Gasteiger partial charge < -0.3 is 11.1 Å². The van der Waals surface area contributed by atoms with Gasteiger partial charge in [0, 0.05) is 17.2 Å². The van der Waals surface area contributed by atoms with Crippen LogP contribution >= 0.6 is 15.9 Å². The van der Waals surface area contributed by atoms with E-state index in [0.29, 0.717) is 11.0 Å². The van der Waals surface area contributed by atoms with Gasteiger partial charge >= 0.3 is 0 Å². The molecule has 0 saturated heterocycles. The molecule has 6 heteroatoms. The Labute approximate surface area is 118 Å². The summed E-state index contributed by atoms with van der Waals surface area (Å²) in [4.78, 5) is 15.9. The Balaban J connectivity index is 2.18. The molecule has 4 nitrogen and oxygen atoms in total. The molecule has 0 fully saturated rings. The number of hydrogen-bond donors (Lipinski definition) is 2. The van der Waals surface area contributed by atoms with Crippen molar-refractivity contribution in [2.45, 2.75) is 6.54 Å². The van der Waals surface area contributed by atoms with Gasteiger partial charge in [-0.3, -0.25) is 9.78 Å². The van der Waals surface area contributed by atoms with Crippen LogP contribution in [0.1, 0.15) is 16.1 Å². The summed E-state index contributed by atoms with van der Waals surface area (Å²) < 4.78 is 14.2. The van der Waals surface area contributed by atoms with Gasteiger partial charge in [0.15, 0.2) is 0 Å². The third kappa shape index (κ3) is 3.36. The lowest BCUT2D eigenvalue weighted by atomic mass is 10.2. The van der Waals surface area contributed by atoms with Crippen LogP contribution in [-0.2, 0) is 6.54 Å². The molecule has 0 aliphatic carbocycles. The van der Waals surface area contributed by atoms with Crippen LogP contribution < -0.4 is 11.1 Å². The van der Waals surface area contributed by atoms with Crippen LogP contribution in [-0.4, -0.2) is 10.9 Å². The topological polar surface area (TPSA) is 68.0 Å². The second-order valence-electron chi connectivity index (χ2n) is 3.83. The van der Waals surface area contributed by atoms with Crippen molar-refractivity contribution < 1.29 is 9.18 Å². The molecule has 1 heterocycles. The lowest BCUT2D eigenvalue weighted by Crippen LogP contribution is -2.15. The number of nitrogens with two attached hydrogens (primary N) is 1. The number of nitrogens with one attached hydrogen (secondary N) is 1. The van der Waals surface area contributed by atoms with E-state index in [1.54, 1.807) is 18.2 Å². The average molecular weight is 324 g/mol. The highest BCUT2D eigenvalue weighted by atomic mass is 79.9. The molecule has 2 rings (SSSR count). The highest BCUT2D eigenvalue weighted by Gasteiger charge is 2.10. The van der Waals surface area contributed by atoms with Crippen molar-refractivity contribution in [3.8, 4) is 0 Å². The highest BCUT2D eigenvalue weighted by molar-refractivity contribution is 9.10. The van der Waals surface area contributed by atoms with Crippen LogP contribution in [0.4, 0.5) is 10.1 Å². The van der Waals surface area contributed by atoms with Gasteiger partial charge in [-0.25, -0.2) is 4.39 Å². The van der Waals surface area contributed by atoms with Crippen molar-refractivity contribution >= 4 is 27.5 Å². The first-order valence-electron chi connectivity index (χ1n) is 5.51. The van der Waals surface area contributed by atoms with Crippen molar-refractivity contribution in [3.05, 3.63) is 58.1 Å². The largest absolute Gasteiger partial charge is 0.326 e. The predicted molar refractivity (Wildman–Crippen MR) is 74.2 cm³/mol. The number of hydrogen-bond acceptors (Lipinski definition) is 3. The zero-order chi connectivity index (χ0) is 13.8. The number of carbonyl (C=O) groups excluding carboxylic acids is 1. The van der Waals surface area contributed by atoms with E-state index >= 15 is 0 Å². The Morgan fingerprint density at radius 1 is 1.37 bits per heavy atom. The Hall–Kier alpha value is -1.79. The Bertz CT molecular complexity index is 601. The van der Waals surface area contributed by atoms with Crippen molar-refractivity contribution in [2.75, 3.05) is 5.32 Å². The maximum absolute atomic E-state index is 13.5. The van der Waals surface area contributed by atoms with E-state index in [1.807, 2.05) is 0 Å². The Kier molecular flexibility index (Phi) is 4.24. The van der Waals surface area contributed by atoms with Crippen LogP contribution in [0.25, 0.3) is 0 Å². The molecule has 0 radical (unpaired) electrons. The van der Waals surface area contributed by atoms with E-state index in [1.165, 1.54) is 18.3 Å². The summed E-state index contributed by atoms with van der Waals surface area (Å²) in [6.45, 7) is 0.356. The number of nitrogens with zero attached hydrogens (tertiary/aromatic N) is 1. The molecular formula is C13H11BrFN3O. The van der Waals surface area contributed by atoms with E-state index in [4.69, 9.17) is 5.73 Å². The molecule has 0 unspecified atom stereocenters. The predicted octanol–water partition coefficient (Wildman–Crippen LogP) is 2.69. The number of carbonyl (C=O) groups is 1. The number of anilines is 1. The van der Waals surface area contributed by atoms with Crippen LogP contribution in [0.15, 0.2) is 41.0 Å². The van der Waals surface area contributed by atoms with E-state index in [0.717, 1.165) is 5.56 Å². The number of rotatable bonds is 3. The fourth-order valence-electron chi connectivity index (χ4n) is 1.46. The highest BCUT2D eigenvalue weighted by Crippen LogP contribution is 2.20. The van der Waals surface area contributed by atoms with Gasteiger partial charge in [0.2, 0.25) is 0 Å². The Morgan fingerprint density at radius 3 is 2.79 bits per heavy atom. The van der Waals surface area contributed by atoms with E-state index in [9.17, 15) is 9.18 Å². The summed E-state index contributed by atoms with van der Waals surface area (Å²) in [5.74, 6) is -0.976. The first-order valence-corrected chi connectivity index (χ1v) is 6.31. The summed E-state index contributed by atoms with van der Waals surface area (Å²) in [5, 5.41) is 2.47. The van der Waals surface area contributed by atoms with Gasteiger partial charge in [-0.1, -0.05) is 22.0 Å². The zero-order valence-corrected chi connectivity index (χ0v) is 11.4. The maximum atomic E-state index is 13.5. The van der Waals surface area contributed by atoms with Crippen molar-refractivity contribution in [1.29, 1.82) is 0 Å². The monoisotopic (exact) mass is 323 g/mol. The summed E-state index contributed by atoms with van der Waals surface area (Å²) in [6.07, 6.45) is 1.52. The third-order valence-electron chi connectivity index (χ3n) is 2.47. The summed E-state index contributed by atoms with van der Waals surface area (Å²) in [5.41, 5.74) is 6.57. The molecule has 0 aliphatic heterocycles. The van der Waals surface area contributed by atoms with Crippen LogP contribution in [0, 0.1) is 5.82 Å². The number of pyridine rings is 1. The second-order valence-corrected chi connectivity index (χ2v) is 4.75. The molecule has 1 aromatic carbocycles. The first-order chi connectivity index (χ1) is 9.10. The third-order valence-corrected chi connectivity index (χ3v) is 2.96. The number of amides is 1. The molecule has 0 bridgehead atoms. The molecule has 2 aromatic rings. The SMILES string of the molecule is NCc1ccc(C(=O)Nc2cc(Br)ccc2F)nc1. The fraction of sp³-hybridized carbons (Fsp3) is 0.0769. The minimum atomic E-state index is -0.505. The van der Waals surface area contributed by atoms with Crippen molar-refractivity contribution in [2.24, 2.45) is 5.73 Å². The van der Waals surface area contributed by atoms with Gasteiger partial charge in [0.25, 0.3) is 5.91 Å². The smallest absolute Gasteiger partial charge is 0.274 e. The van der Waals surface area contributed by atoms with Crippen molar-refractivity contribution in [1.82, 2.24) is 4.98 Å². The molecule has 0 aliphatic rings. The quantitative estimate of drug-likeness (QED) is 0.912. The number of halogens is 2. The van der Waals surface area contributed by atoms with Crippen molar-refractivity contribution in [3.63, 3.8) is 0 Å². The normalized spacial score (nSPS) is 10.3. The summed E-state index contributed by atoms with van der Waals surface area (Å²) >= 11 is 3.21. The lowest BCUT2D eigenvalue weighted by Gasteiger charge is -2.06. The average Bonchev–Trinajstić information content (AvgIpc) is 2.43. The van der Waals surface area contributed by atoms with E-state index in [2.05, 4.69) is 26.2 Å². The van der Waals surface area contributed by atoms with Crippen LogP contribution in [0.3, 0.4) is 0 Å². The zero-order valence-electron chi connectivity index (χ0n) is 9.86. The minimum absolute atomic E-state index is 0.101. The van der Waals surface area contributed by atoms with E-state index in [-0.39, 0.29) is 11.4 Å². The molecule has 3 N–H and O–H groups in total. The van der Waals surface area contributed by atoms with Gasteiger partial charge in [-0.05, 0) is 29.8 Å². The standard InChI is InChI=1S/C13H11BrFN3O/c14-9-2-3-10(15)12(5-9)18-13(19)11-4-1-8(6-16)7-17-11/h1-5,7H,6,16H2,(H,18,19). The summed E-state index contributed by atoms with van der Waals surface area (Å²) in [7, 11) is 0. The number of benzene rings is 1. The summed E-state index contributed by atoms with van der Waals surface area (Å²) in [6, 6.07) is 7.57. The molecule has 19 heavy (non-hydrogen) atoms. The molecule has 1 aromatic heterocycles. The maximum Gasteiger partial charge on any atom is 0.274 e. The second kappa shape index (κ2) is 5.90. The first kappa shape index (κ1) is 13.6. The molecule has 0 saturated carbocycles. The Morgan fingerprint density at radius 2 is 2.16 bits per heavy atom. The van der Waals surface area contributed by atoms with Gasteiger partial charge in [-0.15, -0.1) is 0 Å².